The molecule has 0 unspecified atom stereocenters. The van der Waals surface area contributed by atoms with Crippen molar-refractivity contribution in [1.82, 2.24) is 9.55 Å². The predicted molar refractivity (Wildman–Crippen MR) is 177 cm³/mol. The monoisotopic (exact) mass is 573 g/mol. The SMILES string of the molecule is Fc1cc(F)cc(-n2c3cccc4ccc5c(/C=C/c6ccc(N(c7ccccc7)c7ccccc7)cn6)ccc2c5c43)c1. The van der Waals surface area contributed by atoms with Crippen molar-refractivity contribution in [1.29, 1.82) is 0 Å². The number of rotatable bonds is 6. The van der Waals surface area contributed by atoms with Crippen molar-refractivity contribution in [2.24, 2.45) is 0 Å². The second-order valence-electron chi connectivity index (χ2n) is 10.8. The van der Waals surface area contributed by atoms with Crippen molar-refractivity contribution in [3.63, 3.8) is 0 Å². The van der Waals surface area contributed by atoms with E-state index in [0.717, 1.165) is 67.0 Å². The van der Waals surface area contributed by atoms with E-state index in [2.05, 4.69) is 65.6 Å². The minimum absolute atomic E-state index is 0.458. The highest BCUT2D eigenvalue weighted by atomic mass is 19.1. The molecule has 2 heterocycles. The lowest BCUT2D eigenvalue weighted by atomic mass is 9.98. The molecule has 8 aromatic rings. The Morgan fingerprint density at radius 2 is 1.27 bits per heavy atom. The molecule has 3 nitrogen and oxygen atoms in total. The maximum absolute atomic E-state index is 14.3. The minimum atomic E-state index is -0.604. The lowest BCUT2D eigenvalue weighted by Crippen LogP contribution is -2.09. The van der Waals surface area contributed by atoms with Crippen molar-refractivity contribution in [3.8, 4) is 5.69 Å². The molecule has 8 rings (SSSR count). The van der Waals surface area contributed by atoms with Crippen molar-refractivity contribution in [2.45, 2.75) is 0 Å². The van der Waals surface area contributed by atoms with Crippen LogP contribution in [0.4, 0.5) is 25.8 Å². The van der Waals surface area contributed by atoms with Gasteiger partial charge in [-0.1, -0.05) is 72.8 Å². The number of halogens is 2. The number of aromatic nitrogens is 2. The third-order valence-corrected chi connectivity index (χ3v) is 8.09. The van der Waals surface area contributed by atoms with Gasteiger partial charge in [0.05, 0.1) is 34.3 Å². The van der Waals surface area contributed by atoms with Gasteiger partial charge in [-0.3, -0.25) is 4.98 Å². The average molecular weight is 574 g/mol. The van der Waals surface area contributed by atoms with E-state index in [1.807, 2.05) is 77.5 Å². The standard InChI is InChI=1S/C39H25F2N3/c40-28-22-29(41)24-34(23-28)44-36-13-7-8-27-15-20-35-26(16-21-37(44)39(35)38(27)36)14-17-30-18-19-33(25-42-30)43(31-9-3-1-4-10-31)32-11-5-2-6-12-32/h1-25H/b17-14+. The molecular formula is C39H25F2N3. The number of nitrogens with zero attached hydrogens (tertiary/aromatic N) is 3. The first-order chi connectivity index (χ1) is 21.6. The quantitative estimate of drug-likeness (QED) is 0.185. The van der Waals surface area contributed by atoms with E-state index in [1.54, 1.807) is 0 Å². The summed E-state index contributed by atoms with van der Waals surface area (Å²) in [6, 6.07) is 42.6. The first-order valence-electron chi connectivity index (χ1n) is 14.4. The van der Waals surface area contributed by atoms with Crippen LogP contribution in [0.25, 0.3) is 50.4 Å². The molecule has 0 saturated heterocycles. The molecule has 0 bridgehead atoms. The van der Waals surface area contributed by atoms with Gasteiger partial charge in [-0.25, -0.2) is 8.78 Å². The van der Waals surface area contributed by atoms with Crippen LogP contribution in [0.2, 0.25) is 0 Å². The van der Waals surface area contributed by atoms with Crippen LogP contribution in [0.15, 0.2) is 140 Å². The van der Waals surface area contributed by atoms with Crippen LogP contribution in [-0.4, -0.2) is 9.55 Å². The van der Waals surface area contributed by atoms with E-state index in [1.165, 1.54) is 12.1 Å². The van der Waals surface area contributed by atoms with Crippen LogP contribution in [-0.2, 0) is 0 Å². The van der Waals surface area contributed by atoms with E-state index in [9.17, 15) is 8.78 Å². The fraction of sp³-hybridized carbons (Fsp3) is 0. The number of hydrogen-bond donors (Lipinski definition) is 0. The molecule has 0 fully saturated rings. The number of anilines is 3. The van der Waals surface area contributed by atoms with Gasteiger partial charge in [0.15, 0.2) is 0 Å². The van der Waals surface area contributed by atoms with E-state index in [-0.39, 0.29) is 0 Å². The van der Waals surface area contributed by atoms with Gasteiger partial charge in [0.1, 0.15) is 11.6 Å². The fourth-order valence-corrected chi connectivity index (χ4v) is 6.21. The van der Waals surface area contributed by atoms with E-state index >= 15 is 0 Å². The Labute approximate surface area is 252 Å². The number of para-hydroxylation sites is 2. The topological polar surface area (TPSA) is 21.1 Å². The van der Waals surface area contributed by atoms with Crippen molar-refractivity contribution in [2.75, 3.05) is 4.90 Å². The summed E-state index contributed by atoms with van der Waals surface area (Å²) in [5, 5.41) is 4.28. The third kappa shape index (κ3) is 4.38. The van der Waals surface area contributed by atoms with E-state index in [0.29, 0.717) is 5.69 Å². The molecule has 0 aliphatic rings. The van der Waals surface area contributed by atoms with Gasteiger partial charge in [-0.15, -0.1) is 0 Å². The van der Waals surface area contributed by atoms with Gasteiger partial charge in [-0.05, 0) is 83.1 Å². The molecule has 6 aromatic carbocycles. The molecule has 0 atom stereocenters. The molecular weight excluding hydrogens is 548 g/mol. The summed E-state index contributed by atoms with van der Waals surface area (Å²) in [6.45, 7) is 0. The van der Waals surface area contributed by atoms with Crippen molar-refractivity contribution >= 4 is 61.8 Å². The van der Waals surface area contributed by atoms with Crippen LogP contribution in [0, 0.1) is 11.6 Å². The van der Waals surface area contributed by atoms with Crippen LogP contribution in [0.3, 0.4) is 0 Å². The summed E-state index contributed by atoms with van der Waals surface area (Å²) in [4.78, 5) is 6.97. The van der Waals surface area contributed by atoms with Gasteiger partial charge in [0.2, 0.25) is 0 Å². The van der Waals surface area contributed by atoms with Crippen LogP contribution >= 0.6 is 0 Å². The summed E-state index contributed by atoms with van der Waals surface area (Å²) >= 11 is 0. The summed E-state index contributed by atoms with van der Waals surface area (Å²) in [7, 11) is 0. The summed E-state index contributed by atoms with van der Waals surface area (Å²) in [5.41, 5.74) is 7.22. The smallest absolute Gasteiger partial charge is 0.128 e. The lowest BCUT2D eigenvalue weighted by molar-refractivity contribution is 0.582. The molecule has 0 spiro atoms. The van der Waals surface area contributed by atoms with Crippen LogP contribution in [0.1, 0.15) is 11.3 Å². The molecule has 44 heavy (non-hydrogen) atoms. The first kappa shape index (κ1) is 25.9. The Balaban J connectivity index is 1.19. The maximum Gasteiger partial charge on any atom is 0.128 e. The number of benzene rings is 6. The Morgan fingerprint density at radius 3 is 1.95 bits per heavy atom. The lowest BCUT2D eigenvalue weighted by Gasteiger charge is -2.25. The highest BCUT2D eigenvalue weighted by Crippen LogP contribution is 2.40. The fourth-order valence-electron chi connectivity index (χ4n) is 6.21. The highest BCUT2D eigenvalue weighted by Gasteiger charge is 2.18. The Bertz CT molecular complexity index is 2230. The molecule has 5 heteroatoms. The molecule has 0 radical (unpaired) electrons. The highest BCUT2D eigenvalue weighted by molar-refractivity contribution is 6.25. The normalized spacial score (nSPS) is 11.8. The van der Waals surface area contributed by atoms with Crippen molar-refractivity contribution < 1.29 is 8.78 Å². The van der Waals surface area contributed by atoms with Gasteiger partial charge < -0.3 is 9.47 Å². The Morgan fingerprint density at radius 1 is 0.568 bits per heavy atom. The average Bonchev–Trinajstić information content (AvgIpc) is 3.40. The second kappa shape index (κ2) is 10.5. The molecule has 2 aromatic heterocycles. The number of pyridine rings is 1. The summed E-state index contributed by atoms with van der Waals surface area (Å²) < 4.78 is 30.5. The zero-order valence-corrected chi connectivity index (χ0v) is 23.5. The largest absolute Gasteiger partial charge is 0.309 e. The van der Waals surface area contributed by atoms with Crippen LogP contribution < -0.4 is 4.90 Å². The minimum Gasteiger partial charge on any atom is -0.309 e. The molecule has 0 aliphatic carbocycles. The van der Waals surface area contributed by atoms with Gasteiger partial charge >= 0.3 is 0 Å². The third-order valence-electron chi connectivity index (χ3n) is 8.09. The van der Waals surface area contributed by atoms with Crippen LogP contribution in [0.5, 0.6) is 0 Å². The first-order valence-corrected chi connectivity index (χ1v) is 14.4. The summed E-state index contributed by atoms with van der Waals surface area (Å²) in [6.07, 6.45) is 5.98. The Hall–Kier alpha value is -5.81. The molecule has 0 N–H and O–H groups in total. The second-order valence-corrected chi connectivity index (χ2v) is 10.8. The van der Waals surface area contributed by atoms with E-state index in [4.69, 9.17) is 4.98 Å². The van der Waals surface area contributed by atoms with Gasteiger partial charge in [-0.2, -0.15) is 0 Å². The van der Waals surface area contributed by atoms with Gasteiger partial charge in [0.25, 0.3) is 0 Å². The van der Waals surface area contributed by atoms with Gasteiger partial charge in [0, 0.05) is 28.2 Å². The predicted octanol–water partition coefficient (Wildman–Crippen LogP) is 10.7. The van der Waals surface area contributed by atoms with Crippen molar-refractivity contribution in [3.05, 3.63) is 163 Å². The zero-order valence-electron chi connectivity index (χ0n) is 23.5. The summed E-state index contributed by atoms with van der Waals surface area (Å²) in [5.74, 6) is -1.21. The zero-order chi connectivity index (χ0) is 29.6. The molecule has 210 valence electrons. The maximum atomic E-state index is 14.3. The number of hydrogen-bond acceptors (Lipinski definition) is 2. The Kier molecular flexibility index (Phi) is 6.16. The molecule has 0 saturated carbocycles. The molecule has 0 amide bonds. The molecule has 0 aliphatic heterocycles. The van der Waals surface area contributed by atoms with E-state index < -0.39 is 11.6 Å².